The van der Waals surface area contributed by atoms with Crippen LogP contribution in [-0.2, 0) is 6.54 Å². The fourth-order valence-electron chi connectivity index (χ4n) is 1.48. The zero-order chi connectivity index (χ0) is 12.8. The fraction of sp³-hybridized carbons (Fsp3) is 0.286. The predicted octanol–water partition coefficient (Wildman–Crippen LogP) is 2.79. The molecule has 0 aliphatic heterocycles. The minimum atomic E-state index is 0.564. The summed E-state index contributed by atoms with van der Waals surface area (Å²) in [5.74, 6) is 1.17. The fourth-order valence-corrected chi connectivity index (χ4v) is 1.48. The highest BCUT2D eigenvalue weighted by molar-refractivity contribution is 5.51. The Morgan fingerprint density at radius 1 is 1.22 bits per heavy atom. The second kappa shape index (κ2) is 6.12. The monoisotopic (exact) mass is 243 g/mol. The standard InChI is InChI=1S/C14H17N3O/c1-11(2)8-9-15-10-13-16-17-14(18-13)12-6-4-3-5-7-12/h3-8,15H,9-10H2,1-2H3. The van der Waals surface area contributed by atoms with Crippen LogP contribution < -0.4 is 5.32 Å². The lowest BCUT2D eigenvalue weighted by atomic mass is 10.2. The molecule has 2 rings (SSSR count). The van der Waals surface area contributed by atoms with Crippen LogP contribution in [0.4, 0.5) is 0 Å². The molecule has 1 aromatic heterocycles. The first kappa shape index (κ1) is 12.5. The van der Waals surface area contributed by atoms with Crippen molar-refractivity contribution in [1.29, 1.82) is 0 Å². The van der Waals surface area contributed by atoms with Gasteiger partial charge in [-0.15, -0.1) is 10.2 Å². The lowest BCUT2D eigenvalue weighted by Crippen LogP contribution is -2.13. The van der Waals surface area contributed by atoms with Crippen LogP contribution in [0.3, 0.4) is 0 Å². The molecule has 1 aromatic carbocycles. The van der Waals surface area contributed by atoms with Crippen LogP contribution in [-0.4, -0.2) is 16.7 Å². The minimum Gasteiger partial charge on any atom is -0.419 e. The molecule has 0 atom stereocenters. The third-order valence-corrected chi connectivity index (χ3v) is 2.42. The molecule has 0 saturated heterocycles. The van der Waals surface area contributed by atoms with Gasteiger partial charge in [0.1, 0.15) is 0 Å². The molecule has 4 heteroatoms. The van der Waals surface area contributed by atoms with Gasteiger partial charge in [-0.3, -0.25) is 0 Å². The second-order valence-corrected chi connectivity index (χ2v) is 4.28. The Morgan fingerprint density at radius 3 is 2.72 bits per heavy atom. The van der Waals surface area contributed by atoms with E-state index >= 15 is 0 Å². The highest BCUT2D eigenvalue weighted by Crippen LogP contribution is 2.16. The van der Waals surface area contributed by atoms with Crippen molar-refractivity contribution in [2.45, 2.75) is 20.4 Å². The van der Waals surface area contributed by atoms with Gasteiger partial charge < -0.3 is 9.73 Å². The van der Waals surface area contributed by atoms with Gasteiger partial charge in [-0.05, 0) is 26.0 Å². The molecule has 0 saturated carbocycles. The van der Waals surface area contributed by atoms with Gasteiger partial charge in [0.2, 0.25) is 11.8 Å². The van der Waals surface area contributed by atoms with E-state index in [2.05, 4.69) is 35.4 Å². The summed E-state index contributed by atoms with van der Waals surface area (Å²) in [5.41, 5.74) is 2.23. The third kappa shape index (κ3) is 3.53. The Bertz CT molecular complexity index is 513. The van der Waals surface area contributed by atoms with Gasteiger partial charge >= 0.3 is 0 Å². The Kier molecular flexibility index (Phi) is 4.25. The molecule has 0 radical (unpaired) electrons. The average molecular weight is 243 g/mol. The first-order chi connectivity index (χ1) is 8.75. The number of benzene rings is 1. The van der Waals surface area contributed by atoms with Crippen molar-refractivity contribution in [2.24, 2.45) is 0 Å². The Hall–Kier alpha value is -1.94. The lowest BCUT2D eigenvalue weighted by Gasteiger charge is -1.97. The van der Waals surface area contributed by atoms with Gasteiger partial charge in [0.25, 0.3) is 0 Å². The number of aromatic nitrogens is 2. The van der Waals surface area contributed by atoms with Gasteiger partial charge in [-0.25, -0.2) is 0 Å². The smallest absolute Gasteiger partial charge is 0.247 e. The SMILES string of the molecule is CC(C)=CCNCc1nnc(-c2ccccc2)o1. The number of rotatable bonds is 5. The molecule has 4 nitrogen and oxygen atoms in total. The zero-order valence-corrected chi connectivity index (χ0v) is 10.7. The molecule has 0 spiro atoms. The number of hydrogen-bond donors (Lipinski definition) is 1. The van der Waals surface area contributed by atoms with Crippen LogP contribution in [0, 0.1) is 0 Å². The van der Waals surface area contributed by atoms with Crippen LogP contribution in [0.2, 0.25) is 0 Å². The van der Waals surface area contributed by atoms with Crippen LogP contribution in [0.1, 0.15) is 19.7 Å². The van der Waals surface area contributed by atoms with E-state index in [4.69, 9.17) is 4.42 Å². The lowest BCUT2D eigenvalue weighted by molar-refractivity contribution is 0.485. The van der Waals surface area contributed by atoms with Gasteiger partial charge in [-0.1, -0.05) is 29.8 Å². The Labute approximate surface area is 107 Å². The first-order valence-corrected chi connectivity index (χ1v) is 5.97. The largest absolute Gasteiger partial charge is 0.419 e. The quantitative estimate of drug-likeness (QED) is 0.648. The summed E-state index contributed by atoms with van der Waals surface area (Å²) in [6.07, 6.45) is 2.12. The van der Waals surface area contributed by atoms with E-state index in [0.717, 1.165) is 12.1 Å². The maximum atomic E-state index is 5.57. The van der Waals surface area contributed by atoms with Crippen molar-refractivity contribution in [3.8, 4) is 11.5 Å². The van der Waals surface area contributed by atoms with Crippen LogP contribution >= 0.6 is 0 Å². The van der Waals surface area contributed by atoms with Crippen molar-refractivity contribution >= 4 is 0 Å². The molecule has 1 N–H and O–H groups in total. The molecule has 1 heterocycles. The van der Waals surface area contributed by atoms with E-state index < -0.39 is 0 Å². The maximum absolute atomic E-state index is 5.57. The molecule has 0 bridgehead atoms. The highest BCUT2D eigenvalue weighted by atomic mass is 16.4. The van der Waals surface area contributed by atoms with Crippen LogP contribution in [0.25, 0.3) is 11.5 Å². The Balaban J connectivity index is 1.93. The number of nitrogens with zero attached hydrogens (tertiary/aromatic N) is 2. The van der Waals surface area contributed by atoms with E-state index in [1.54, 1.807) is 0 Å². The second-order valence-electron chi connectivity index (χ2n) is 4.28. The van der Waals surface area contributed by atoms with Crippen LogP contribution in [0.5, 0.6) is 0 Å². The highest BCUT2D eigenvalue weighted by Gasteiger charge is 2.06. The zero-order valence-electron chi connectivity index (χ0n) is 10.7. The summed E-state index contributed by atoms with van der Waals surface area (Å²) < 4.78 is 5.57. The van der Waals surface area contributed by atoms with Gasteiger partial charge in [0.05, 0.1) is 6.54 Å². The van der Waals surface area contributed by atoms with E-state index in [1.807, 2.05) is 30.3 Å². The van der Waals surface area contributed by atoms with Crippen LogP contribution in [0.15, 0.2) is 46.4 Å². The van der Waals surface area contributed by atoms with Crippen molar-refractivity contribution in [3.05, 3.63) is 47.9 Å². The predicted molar refractivity (Wildman–Crippen MR) is 70.9 cm³/mol. The summed E-state index contributed by atoms with van der Waals surface area (Å²) in [7, 11) is 0. The van der Waals surface area contributed by atoms with Gasteiger partial charge in [0.15, 0.2) is 0 Å². The van der Waals surface area contributed by atoms with E-state index in [1.165, 1.54) is 5.57 Å². The van der Waals surface area contributed by atoms with Crippen molar-refractivity contribution < 1.29 is 4.42 Å². The van der Waals surface area contributed by atoms with E-state index in [0.29, 0.717) is 18.3 Å². The summed E-state index contributed by atoms with van der Waals surface area (Å²) in [4.78, 5) is 0. The van der Waals surface area contributed by atoms with Gasteiger partial charge in [-0.2, -0.15) is 0 Å². The molecular weight excluding hydrogens is 226 g/mol. The summed E-state index contributed by atoms with van der Waals surface area (Å²) in [5, 5.41) is 11.3. The number of allylic oxidation sites excluding steroid dienone is 1. The summed E-state index contributed by atoms with van der Waals surface area (Å²) in [6, 6.07) is 9.77. The summed E-state index contributed by atoms with van der Waals surface area (Å²) in [6.45, 7) is 5.54. The van der Waals surface area contributed by atoms with Crippen molar-refractivity contribution in [2.75, 3.05) is 6.54 Å². The molecule has 18 heavy (non-hydrogen) atoms. The third-order valence-electron chi connectivity index (χ3n) is 2.42. The first-order valence-electron chi connectivity index (χ1n) is 5.97. The molecule has 0 fully saturated rings. The molecule has 0 aliphatic rings. The maximum Gasteiger partial charge on any atom is 0.247 e. The molecule has 2 aromatic rings. The Morgan fingerprint density at radius 2 is 2.00 bits per heavy atom. The van der Waals surface area contributed by atoms with Gasteiger partial charge in [0, 0.05) is 12.1 Å². The number of nitrogens with one attached hydrogen (secondary N) is 1. The normalized spacial score (nSPS) is 10.3. The topological polar surface area (TPSA) is 51.0 Å². The van der Waals surface area contributed by atoms with E-state index in [9.17, 15) is 0 Å². The van der Waals surface area contributed by atoms with E-state index in [-0.39, 0.29) is 0 Å². The summed E-state index contributed by atoms with van der Waals surface area (Å²) >= 11 is 0. The minimum absolute atomic E-state index is 0.564. The molecule has 0 aliphatic carbocycles. The molecule has 0 unspecified atom stereocenters. The van der Waals surface area contributed by atoms with Crippen molar-refractivity contribution in [1.82, 2.24) is 15.5 Å². The molecule has 0 amide bonds. The average Bonchev–Trinajstić information content (AvgIpc) is 2.84. The number of hydrogen-bond acceptors (Lipinski definition) is 4. The molecule has 94 valence electrons. The molecular formula is C14H17N3O. The van der Waals surface area contributed by atoms with Crippen molar-refractivity contribution in [3.63, 3.8) is 0 Å².